The molecule has 0 spiro atoms. The van der Waals surface area contributed by atoms with Crippen LogP contribution in [0.15, 0.2) is 29.4 Å². The minimum Gasteiger partial charge on any atom is -0.350 e. The van der Waals surface area contributed by atoms with Crippen molar-refractivity contribution in [2.24, 2.45) is 10.8 Å². The van der Waals surface area contributed by atoms with Gasteiger partial charge in [-0.1, -0.05) is 12.1 Å². The highest BCUT2D eigenvalue weighted by atomic mass is 19.1. The molecule has 0 unspecified atom stereocenters. The van der Waals surface area contributed by atoms with Crippen LogP contribution in [0.25, 0.3) is 0 Å². The molecule has 1 aromatic rings. The van der Waals surface area contributed by atoms with Crippen LogP contribution in [0.5, 0.6) is 0 Å². The summed E-state index contributed by atoms with van der Waals surface area (Å²) in [6.07, 6.45) is 1.37. The topological polar surface area (TPSA) is 67.5 Å². The number of nitrogens with two attached hydrogens (primary N) is 1. The van der Waals surface area contributed by atoms with Crippen molar-refractivity contribution >= 4 is 12.2 Å². The third-order valence-corrected chi connectivity index (χ3v) is 1.26. The molecule has 0 aromatic heterocycles. The van der Waals surface area contributed by atoms with E-state index >= 15 is 0 Å². The Morgan fingerprint density at radius 2 is 2.08 bits per heavy atom. The summed E-state index contributed by atoms with van der Waals surface area (Å²) in [4.78, 5) is 10.2. The quantitative estimate of drug-likeness (QED) is 0.515. The van der Waals surface area contributed by atoms with E-state index in [1.54, 1.807) is 0 Å². The number of primary amides is 1. The summed E-state index contributed by atoms with van der Waals surface area (Å²) in [5.74, 6) is -0.319. The average Bonchev–Trinajstić information content (AvgIpc) is 2.08. The predicted molar refractivity (Wildman–Crippen MR) is 46.7 cm³/mol. The van der Waals surface area contributed by atoms with Crippen LogP contribution in [0, 0.1) is 5.82 Å². The number of nitrogens with zero attached hydrogens (tertiary/aromatic N) is 1. The van der Waals surface area contributed by atoms with E-state index in [-0.39, 0.29) is 5.82 Å². The van der Waals surface area contributed by atoms with E-state index in [9.17, 15) is 9.18 Å². The first-order valence-corrected chi connectivity index (χ1v) is 3.52. The summed E-state index contributed by atoms with van der Waals surface area (Å²) in [5, 5.41) is 3.50. The number of hydrogen-bond donors (Lipinski definition) is 2. The van der Waals surface area contributed by atoms with Crippen LogP contribution in [0.2, 0.25) is 0 Å². The Kier molecular flexibility index (Phi) is 2.97. The molecule has 1 aromatic carbocycles. The van der Waals surface area contributed by atoms with Gasteiger partial charge in [0.05, 0.1) is 6.21 Å². The number of benzene rings is 1. The molecule has 68 valence electrons. The van der Waals surface area contributed by atoms with Crippen molar-refractivity contribution in [3.8, 4) is 0 Å². The van der Waals surface area contributed by atoms with Gasteiger partial charge in [0, 0.05) is 0 Å². The van der Waals surface area contributed by atoms with Gasteiger partial charge in [-0.3, -0.25) is 0 Å². The number of hydrogen-bond acceptors (Lipinski definition) is 2. The van der Waals surface area contributed by atoms with Gasteiger partial charge in [-0.15, -0.1) is 0 Å². The molecule has 0 bridgehead atoms. The van der Waals surface area contributed by atoms with Crippen LogP contribution in [0.3, 0.4) is 0 Å². The maximum Gasteiger partial charge on any atom is 0.332 e. The van der Waals surface area contributed by atoms with Crippen LogP contribution in [-0.2, 0) is 0 Å². The number of nitrogens with one attached hydrogen (secondary N) is 1. The van der Waals surface area contributed by atoms with E-state index in [4.69, 9.17) is 5.73 Å². The second-order valence-corrected chi connectivity index (χ2v) is 2.29. The molecule has 3 N–H and O–H groups in total. The Morgan fingerprint density at radius 1 is 1.46 bits per heavy atom. The zero-order valence-corrected chi connectivity index (χ0v) is 6.70. The van der Waals surface area contributed by atoms with Gasteiger partial charge in [-0.05, 0) is 17.7 Å². The zero-order valence-electron chi connectivity index (χ0n) is 6.70. The van der Waals surface area contributed by atoms with Crippen molar-refractivity contribution in [2.45, 2.75) is 0 Å². The molecule has 0 aliphatic carbocycles. The molecular weight excluding hydrogens is 173 g/mol. The second-order valence-electron chi connectivity index (χ2n) is 2.29. The molecule has 5 heteroatoms. The molecule has 2 amide bonds. The summed E-state index contributed by atoms with van der Waals surface area (Å²) in [6.45, 7) is 0. The third kappa shape index (κ3) is 3.33. The van der Waals surface area contributed by atoms with Crippen molar-refractivity contribution in [3.63, 3.8) is 0 Å². The van der Waals surface area contributed by atoms with Gasteiger partial charge in [0.25, 0.3) is 0 Å². The largest absolute Gasteiger partial charge is 0.350 e. The zero-order chi connectivity index (χ0) is 9.68. The van der Waals surface area contributed by atoms with E-state index in [1.165, 1.54) is 30.5 Å². The highest BCUT2D eigenvalue weighted by molar-refractivity contribution is 5.81. The van der Waals surface area contributed by atoms with E-state index in [0.29, 0.717) is 5.56 Å². The fourth-order valence-electron chi connectivity index (χ4n) is 0.719. The van der Waals surface area contributed by atoms with E-state index in [2.05, 4.69) is 5.10 Å². The number of rotatable bonds is 2. The summed E-state index contributed by atoms with van der Waals surface area (Å²) in [6, 6.07) is 4.92. The van der Waals surface area contributed by atoms with Crippen molar-refractivity contribution in [1.82, 2.24) is 5.43 Å². The molecule has 0 fully saturated rings. The first kappa shape index (κ1) is 9.18. The van der Waals surface area contributed by atoms with Gasteiger partial charge in [-0.25, -0.2) is 14.6 Å². The molecule has 13 heavy (non-hydrogen) atoms. The number of carbonyl (C=O) groups excluding carboxylic acids is 1. The lowest BCUT2D eigenvalue weighted by Gasteiger charge is -1.92. The first-order valence-electron chi connectivity index (χ1n) is 3.52. The van der Waals surface area contributed by atoms with E-state index in [0.717, 1.165) is 0 Å². The molecule has 0 heterocycles. The van der Waals surface area contributed by atoms with Gasteiger partial charge in [0.15, 0.2) is 0 Å². The Hall–Kier alpha value is -1.91. The van der Waals surface area contributed by atoms with Gasteiger partial charge in [0.2, 0.25) is 0 Å². The molecule has 0 aliphatic rings. The van der Waals surface area contributed by atoms with Crippen molar-refractivity contribution in [2.75, 3.05) is 0 Å². The minimum atomic E-state index is -0.738. The molecule has 0 radical (unpaired) electrons. The van der Waals surface area contributed by atoms with Gasteiger partial charge in [0.1, 0.15) is 5.82 Å². The van der Waals surface area contributed by atoms with Gasteiger partial charge < -0.3 is 5.73 Å². The molecule has 0 aliphatic heterocycles. The standard InChI is InChI=1S/C8H8FN3O/c9-7-3-1-6(2-4-7)5-11-12-8(10)13/h1-5H,(H3,10,12,13)/b11-5-. The molecule has 0 saturated heterocycles. The average molecular weight is 181 g/mol. The maximum atomic E-state index is 12.4. The third-order valence-electron chi connectivity index (χ3n) is 1.26. The van der Waals surface area contributed by atoms with E-state index < -0.39 is 6.03 Å². The Labute approximate surface area is 74.2 Å². The van der Waals surface area contributed by atoms with Crippen LogP contribution in [-0.4, -0.2) is 12.2 Å². The van der Waals surface area contributed by atoms with Crippen LogP contribution < -0.4 is 11.2 Å². The highest BCUT2D eigenvalue weighted by Gasteiger charge is 1.89. The molecule has 0 saturated carbocycles. The maximum absolute atomic E-state index is 12.4. The summed E-state index contributed by atoms with van der Waals surface area (Å²) < 4.78 is 12.4. The smallest absolute Gasteiger partial charge is 0.332 e. The van der Waals surface area contributed by atoms with Crippen molar-refractivity contribution in [1.29, 1.82) is 0 Å². The monoisotopic (exact) mass is 181 g/mol. The lowest BCUT2D eigenvalue weighted by Crippen LogP contribution is -2.24. The predicted octanol–water partition coefficient (Wildman–Crippen LogP) is 0.828. The van der Waals surface area contributed by atoms with Crippen LogP contribution in [0.4, 0.5) is 9.18 Å². The number of halogens is 1. The SMILES string of the molecule is NC(=O)N/N=C\c1ccc(F)cc1. The van der Waals surface area contributed by atoms with Crippen LogP contribution >= 0.6 is 0 Å². The summed E-state index contributed by atoms with van der Waals surface area (Å²) >= 11 is 0. The first-order chi connectivity index (χ1) is 6.18. The lowest BCUT2D eigenvalue weighted by atomic mass is 10.2. The fourth-order valence-corrected chi connectivity index (χ4v) is 0.719. The fraction of sp³-hybridized carbons (Fsp3) is 0. The Balaban J connectivity index is 2.59. The molecular formula is C8H8FN3O. The minimum absolute atomic E-state index is 0.319. The Bertz CT molecular complexity index is 321. The number of hydrazone groups is 1. The summed E-state index contributed by atoms with van der Waals surface area (Å²) in [7, 11) is 0. The van der Waals surface area contributed by atoms with E-state index in [1.807, 2.05) is 5.43 Å². The van der Waals surface area contributed by atoms with Crippen molar-refractivity contribution < 1.29 is 9.18 Å². The molecule has 4 nitrogen and oxygen atoms in total. The van der Waals surface area contributed by atoms with Gasteiger partial charge in [-0.2, -0.15) is 5.10 Å². The number of urea groups is 1. The molecule has 1 rings (SSSR count). The number of carbonyl (C=O) groups is 1. The lowest BCUT2D eigenvalue weighted by molar-refractivity contribution is 0.249. The van der Waals surface area contributed by atoms with Gasteiger partial charge >= 0.3 is 6.03 Å². The number of amides is 2. The van der Waals surface area contributed by atoms with Crippen LogP contribution in [0.1, 0.15) is 5.56 Å². The molecule has 0 atom stereocenters. The Morgan fingerprint density at radius 3 is 2.62 bits per heavy atom. The summed E-state index contributed by atoms with van der Waals surface area (Å²) in [5.41, 5.74) is 7.46. The normalized spacial score (nSPS) is 10.2. The highest BCUT2D eigenvalue weighted by Crippen LogP contribution is 1.99. The van der Waals surface area contributed by atoms with Crippen molar-refractivity contribution in [3.05, 3.63) is 35.6 Å². The second kappa shape index (κ2) is 4.20.